The second kappa shape index (κ2) is 12.1. The molecule has 2 fully saturated rings. The molecule has 1 unspecified atom stereocenters. The van der Waals surface area contributed by atoms with Gasteiger partial charge in [-0.15, -0.1) is 0 Å². The van der Waals surface area contributed by atoms with E-state index >= 15 is 0 Å². The molecule has 2 saturated heterocycles. The van der Waals surface area contributed by atoms with E-state index in [0.29, 0.717) is 44.2 Å². The summed E-state index contributed by atoms with van der Waals surface area (Å²) in [7, 11) is 1.54. The Labute approximate surface area is 212 Å². The highest BCUT2D eigenvalue weighted by molar-refractivity contribution is 6.46. The third-order valence-electron chi connectivity index (χ3n) is 6.61. The topological polar surface area (TPSA) is 88.5 Å². The number of benzene rings is 2. The van der Waals surface area contributed by atoms with E-state index in [2.05, 4.69) is 11.8 Å². The molecule has 1 amide bonds. The summed E-state index contributed by atoms with van der Waals surface area (Å²) in [6.45, 7) is 6.57. The smallest absolute Gasteiger partial charge is 0.295 e. The van der Waals surface area contributed by atoms with Crippen molar-refractivity contribution >= 4 is 17.4 Å². The van der Waals surface area contributed by atoms with E-state index in [4.69, 9.17) is 14.2 Å². The van der Waals surface area contributed by atoms with Crippen molar-refractivity contribution in [2.45, 2.75) is 25.8 Å². The van der Waals surface area contributed by atoms with Gasteiger partial charge in [-0.25, -0.2) is 0 Å². The number of methoxy groups -OCH3 is 1. The highest BCUT2D eigenvalue weighted by atomic mass is 16.5. The lowest BCUT2D eigenvalue weighted by atomic mass is 9.95. The van der Waals surface area contributed by atoms with Crippen LogP contribution in [0.15, 0.2) is 54.1 Å². The number of unbranched alkanes of at least 4 members (excludes halogenated alkanes) is 1. The second-order valence-electron chi connectivity index (χ2n) is 8.95. The van der Waals surface area contributed by atoms with E-state index < -0.39 is 17.7 Å². The number of amides is 1. The van der Waals surface area contributed by atoms with Crippen molar-refractivity contribution in [2.24, 2.45) is 0 Å². The Bertz CT molecular complexity index is 1090. The minimum Gasteiger partial charge on any atom is -0.507 e. The van der Waals surface area contributed by atoms with Gasteiger partial charge in [0, 0.05) is 31.7 Å². The Balaban J connectivity index is 1.69. The average molecular weight is 495 g/mol. The van der Waals surface area contributed by atoms with Gasteiger partial charge in [-0.2, -0.15) is 0 Å². The Morgan fingerprint density at radius 3 is 2.50 bits per heavy atom. The van der Waals surface area contributed by atoms with E-state index in [0.717, 1.165) is 37.2 Å². The Hall–Kier alpha value is -3.36. The fourth-order valence-electron chi connectivity index (χ4n) is 4.54. The van der Waals surface area contributed by atoms with Crippen molar-refractivity contribution < 1.29 is 28.9 Å². The molecule has 2 aliphatic heterocycles. The summed E-state index contributed by atoms with van der Waals surface area (Å²) in [5.41, 5.74) is 1.24. The molecule has 192 valence electrons. The predicted molar refractivity (Wildman–Crippen MR) is 136 cm³/mol. The van der Waals surface area contributed by atoms with Crippen molar-refractivity contribution in [2.75, 3.05) is 53.1 Å². The van der Waals surface area contributed by atoms with E-state index in [1.54, 1.807) is 29.2 Å². The molecule has 0 aliphatic carbocycles. The maximum atomic E-state index is 13.3. The summed E-state index contributed by atoms with van der Waals surface area (Å²) in [5, 5.41) is 11.3. The van der Waals surface area contributed by atoms with Gasteiger partial charge in [0.1, 0.15) is 17.3 Å². The molecule has 2 aromatic carbocycles. The first kappa shape index (κ1) is 25.7. The van der Waals surface area contributed by atoms with Gasteiger partial charge < -0.3 is 24.2 Å². The molecule has 8 nitrogen and oxygen atoms in total. The quantitative estimate of drug-likeness (QED) is 0.234. The fraction of sp³-hybridized carbons (Fsp3) is 0.429. The molecule has 1 atom stereocenters. The van der Waals surface area contributed by atoms with Crippen LogP contribution in [0.3, 0.4) is 0 Å². The van der Waals surface area contributed by atoms with Crippen molar-refractivity contribution in [1.82, 2.24) is 9.80 Å². The molecular weight excluding hydrogens is 460 g/mol. The number of nitrogens with zero attached hydrogens (tertiary/aromatic N) is 2. The molecule has 2 aliphatic rings. The van der Waals surface area contributed by atoms with Gasteiger partial charge in [-0.1, -0.05) is 37.6 Å². The van der Waals surface area contributed by atoms with Gasteiger partial charge in [-0.3, -0.25) is 14.5 Å². The number of hydrogen-bond acceptors (Lipinski definition) is 7. The largest absolute Gasteiger partial charge is 0.507 e. The lowest BCUT2D eigenvalue weighted by Crippen LogP contribution is -2.42. The van der Waals surface area contributed by atoms with Crippen molar-refractivity contribution in [1.29, 1.82) is 0 Å². The van der Waals surface area contributed by atoms with Gasteiger partial charge in [0.15, 0.2) is 0 Å². The standard InChI is InChI=1S/C28H34N2O6/c1-3-4-16-36-22-10-8-20(9-11-22)25-24(26(31)21-6-5-7-23(19-21)34-2)27(32)28(33)30(25)13-12-29-14-17-35-18-15-29/h5-11,19,25,31H,3-4,12-18H2,1-2H3. The van der Waals surface area contributed by atoms with Gasteiger partial charge >= 0.3 is 0 Å². The van der Waals surface area contributed by atoms with E-state index in [1.807, 2.05) is 24.3 Å². The van der Waals surface area contributed by atoms with Gasteiger partial charge in [0.05, 0.1) is 38.5 Å². The summed E-state index contributed by atoms with van der Waals surface area (Å²) in [6.07, 6.45) is 2.00. The van der Waals surface area contributed by atoms with Crippen molar-refractivity contribution in [3.63, 3.8) is 0 Å². The number of aliphatic hydroxyl groups excluding tert-OH is 1. The molecule has 0 saturated carbocycles. The third kappa shape index (κ3) is 5.71. The molecule has 0 aromatic heterocycles. The number of ether oxygens (including phenoxy) is 3. The number of hydrogen-bond donors (Lipinski definition) is 1. The molecule has 2 heterocycles. The number of rotatable bonds is 10. The summed E-state index contributed by atoms with van der Waals surface area (Å²) in [5.74, 6) is -0.239. The van der Waals surface area contributed by atoms with Gasteiger partial charge in [0.2, 0.25) is 0 Å². The van der Waals surface area contributed by atoms with Crippen LogP contribution in [-0.2, 0) is 14.3 Å². The number of Topliss-reactive ketones (excluding diaryl/α,β-unsaturated/α-hetero) is 1. The number of carbonyl (C=O) groups excluding carboxylic acids is 2. The molecule has 1 N–H and O–H groups in total. The normalized spacial score (nSPS) is 20.1. The molecule has 2 aromatic rings. The number of likely N-dealkylation sites (tertiary alicyclic amines) is 1. The van der Waals surface area contributed by atoms with E-state index in [-0.39, 0.29) is 11.3 Å². The molecular formula is C28H34N2O6. The van der Waals surface area contributed by atoms with Gasteiger partial charge in [0.25, 0.3) is 11.7 Å². The minimum atomic E-state index is -0.707. The third-order valence-corrected chi connectivity index (χ3v) is 6.61. The van der Waals surface area contributed by atoms with Crippen LogP contribution in [0.1, 0.15) is 36.9 Å². The van der Waals surface area contributed by atoms with Crippen LogP contribution in [0.2, 0.25) is 0 Å². The zero-order valence-electron chi connectivity index (χ0n) is 20.9. The highest BCUT2D eigenvalue weighted by Crippen LogP contribution is 2.40. The molecule has 8 heteroatoms. The Kier molecular flexibility index (Phi) is 8.61. The highest BCUT2D eigenvalue weighted by Gasteiger charge is 2.46. The first-order valence-corrected chi connectivity index (χ1v) is 12.5. The van der Waals surface area contributed by atoms with Crippen LogP contribution in [0.4, 0.5) is 0 Å². The number of carbonyl (C=O) groups is 2. The van der Waals surface area contributed by atoms with Crippen LogP contribution < -0.4 is 9.47 Å². The lowest BCUT2D eigenvalue weighted by Gasteiger charge is -2.31. The Morgan fingerprint density at radius 1 is 1.06 bits per heavy atom. The minimum absolute atomic E-state index is 0.0786. The monoisotopic (exact) mass is 494 g/mol. The SMILES string of the molecule is CCCCOc1ccc(C2C(=C(O)c3cccc(OC)c3)C(=O)C(=O)N2CCN2CCOCC2)cc1. The summed E-state index contributed by atoms with van der Waals surface area (Å²) in [6, 6.07) is 13.5. The predicted octanol–water partition coefficient (Wildman–Crippen LogP) is 3.63. The zero-order chi connectivity index (χ0) is 25.5. The maximum absolute atomic E-state index is 13.3. The number of ketones is 1. The van der Waals surface area contributed by atoms with Crippen LogP contribution in [0, 0.1) is 0 Å². The van der Waals surface area contributed by atoms with Crippen LogP contribution in [-0.4, -0.2) is 79.7 Å². The summed E-state index contributed by atoms with van der Waals surface area (Å²) >= 11 is 0. The summed E-state index contributed by atoms with van der Waals surface area (Å²) in [4.78, 5) is 30.3. The molecule has 0 bridgehead atoms. The number of aliphatic hydroxyl groups is 1. The zero-order valence-corrected chi connectivity index (χ0v) is 20.9. The maximum Gasteiger partial charge on any atom is 0.295 e. The fourth-order valence-corrected chi connectivity index (χ4v) is 4.54. The van der Waals surface area contributed by atoms with Crippen LogP contribution >= 0.6 is 0 Å². The molecule has 36 heavy (non-hydrogen) atoms. The lowest BCUT2D eigenvalue weighted by molar-refractivity contribution is -0.140. The first-order chi connectivity index (χ1) is 17.5. The first-order valence-electron chi connectivity index (χ1n) is 12.5. The average Bonchev–Trinajstić information content (AvgIpc) is 3.17. The molecule has 0 radical (unpaired) electrons. The summed E-state index contributed by atoms with van der Waals surface area (Å²) < 4.78 is 16.5. The second-order valence-corrected chi connectivity index (χ2v) is 8.95. The van der Waals surface area contributed by atoms with Crippen LogP contribution in [0.25, 0.3) is 5.76 Å². The van der Waals surface area contributed by atoms with E-state index in [9.17, 15) is 14.7 Å². The van der Waals surface area contributed by atoms with E-state index in [1.165, 1.54) is 7.11 Å². The van der Waals surface area contributed by atoms with Gasteiger partial charge in [-0.05, 0) is 36.2 Å². The van der Waals surface area contributed by atoms with Crippen LogP contribution in [0.5, 0.6) is 11.5 Å². The van der Waals surface area contributed by atoms with Crippen molar-refractivity contribution in [3.05, 3.63) is 65.2 Å². The molecule has 4 rings (SSSR count). The number of morpholine rings is 1. The van der Waals surface area contributed by atoms with Crippen molar-refractivity contribution in [3.8, 4) is 11.5 Å². The molecule has 0 spiro atoms. The Morgan fingerprint density at radius 2 is 1.81 bits per heavy atom.